The molecule has 2 aliphatic rings. The fourth-order valence-electron chi connectivity index (χ4n) is 4.18. The number of carbonyl (C=O) groups is 3. The molecule has 2 N–H and O–H groups in total. The number of hydrogen-bond donors (Lipinski definition) is 2. The molecule has 2 amide bonds. The highest BCUT2D eigenvalue weighted by Gasteiger charge is 2.62. The Morgan fingerprint density at radius 2 is 1.93 bits per heavy atom. The fourth-order valence-corrected chi connectivity index (χ4v) is 4.18. The van der Waals surface area contributed by atoms with E-state index in [9.17, 15) is 19.5 Å². The Morgan fingerprint density at radius 3 is 2.52 bits per heavy atom. The van der Waals surface area contributed by atoms with E-state index in [2.05, 4.69) is 18.5 Å². The van der Waals surface area contributed by atoms with Gasteiger partial charge in [-0.25, -0.2) is 4.79 Å². The Hall–Kier alpha value is -2.15. The van der Waals surface area contributed by atoms with E-state index < -0.39 is 29.4 Å². The Kier molecular flexibility index (Phi) is 8.02. The average Bonchev–Trinajstić information content (AvgIpc) is 3.27. The number of unbranched alkanes of at least 4 members (excludes halogenated alkanes) is 2. The van der Waals surface area contributed by atoms with Gasteiger partial charge in [0.2, 0.25) is 11.8 Å². The SMILES string of the molecule is C=CCCCCN(C)C(=O)C1CC(O)CC1C(=O)N[C@]1(C(=O)OCC)CC1C=C. The van der Waals surface area contributed by atoms with Gasteiger partial charge in [-0.3, -0.25) is 9.59 Å². The number of allylic oxidation sites excluding steroid dienone is 1. The van der Waals surface area contributed by atoms with Crippen LogP contribution >= 0.6 is 0 Å². The van der Waals surface area contributed by atoms with Crippen molar-refractivity contribution in [2.24, 2.45) is 17.8 Å². The zero-order chi connectivity index (χ0) is 21.6. The summed E-state index contributed by atoms with van der Waals surface area (Å²) >= 11 is 0. The number of aliphatic hydroxyl groups is 1. The second-order valence-corrected chi connectivity index (χ2v) is 8.11. The van der Waals surface area contributed by atoms with Crippen molar-refractivity contribution in [3.63, 3.8) is 0 Å². The molecule has 2 fully saturated rings. The molecular formula is C22H34N2O5. The van der Waals surface area contributed by atoms with Crippen LogP contribution in [0.5, 0.6) is 0 Å². The summed E-state index contributed by atoms with van der Waals surface area (Å²) in [6, 6.07) is 0. The zero-order valence-corrected chi connectivity index (χ0v) is 17.6. The summed E-state index contributed by atoms with van der Waals surface area (Å²) in [5, 5.41) is 13.0. The third kappa shape index (κ3) is 5.26. The number of aliphatic hydroxyl groups excluding tert-OH is 1. The van der Waals surface area contributed by atoms with Gasteiger partial charge in [0.1, 0.15) is 5.54 Å². The van der Waals surface area contributed by atoms with Crippen LogP contribution in [0.3, 0.4) is 0 Å². The van der Waals surface area contributed by atoms with Gasteiger partial charge in [-0.05, 0) is 45.4 Å². The van der Waals surface area contributed by atoms with Gasteiger partial charge in [0.05, 0.1) is 24.5 Å². The number of nitrogens with zero attached hydrogens (tertiary/aromatic N) is 1. The Labute approximate surface area is 173 Å². The first-order valence-electron chi connectivity index (χ1n) is 10.5. The zero-order valence-electron chi connectivity index (χ0n) is 17.6. The highest BCUT2D eigenvalue weighted by atomic mass is 16.5. The molecule has 7 nitrogen and oxygen atoms in total. The van der Waals surface area contributed by atoms with Gasteiger partial charge < -0.3 is 20.1 Å². The van der Waals surface area contributed by atoms with Crippen LogP contribution in [0.2, 0.25) is 0 Å². The summed E-state index contributed by atoms with van der Waals surface area (Å²) in [5.41, 5.74) is -1.09. The number of carbonyl (C=O) groups excluding carboxylic acids is 3. The van der Waals surface area contributed by atoms with E-state index in [0.29, 0.717) is 13.0 Å². The number of ether oxygens (including phenoxy) is 1. The third-order valence-electron chi connectivity index (χ3n) is 6.00. The third-order valence-corrected chi connectivity index (χ3v) is 6.00. The predicted molar refractivity (Wildman–Crippen MR) is 110 cm³/mol. The molecule has 2 saturated carbocycles. The van der Waals surface area contributed by atoms with E-state index in [4.69, 9.17) is 4.74 Å². The minimum Gasteiger partial charge on any atom is -0.464 e. The van der Waals surface area contributed by atoms with E-state index in [-0.39, 0.29) is 37.2 Å². The van der Waals surface area contributed by atoms with Crippen molar-refractivity contribution in [1.29, 1.82) is 0 Å². The summed E-state index contributed by atoms with van der Waals surface area (Å²) in [6.07, 6.45) is 6.39. The molecule has 0 aromatic heterocycles. The van der Waals surface area contributed by atoms with Crippen LogP contribution < -0.4 is 5.32 Å². The molecule has 4 unspecified atom stereocenters. The summed E-state index contributed by atoms with van der Waals surface area (Å²) < 4.78 is 5.13. The maximum Gasteiger partial charge on any atom is 0.332 e. The van der Waals surface area contributed by atoms with Gasteiger partial charge in [0, 0.05) is 19.5 Å². The average molecular weight is 407 g/mol. The monoisotopic (exact) mass is 406 g/mol. The minimum atomic E-state index is -1.09. The highest BCUT2D eigenvalue weighted by Crippen LogP contribution is 2.46. The quantitative estimate of drug-likeness (QED) is 0.310. The lowest BCUT2D eigenvalue weighted by molar-refractivity contribution is -0.150. The normalized spacial score (nSPS) is 30.3. The summed E-state index contributed by atoms with van der Waals surface area (Å²) in [5.74, 6) is -2.42. The molecule has 0 bridgehead atoms. The first-order chi connectivity index (χ1) is 13.8. The number of esters is 1. The van der Waals surface area contributed by atoms with Gasteiger partial charge in [-0.2, -0.15) is 0 Å². The first-order valence-corrected chi connectivity index (χ1v) is 10.5. The molecule has 162 valence electrons. The van der Waals surface area contributed by atoms with Gasteiger partial charge in [-0.15, -0.1) is 13.2 Å². The van der Waals surface area contributed by atoms with Crippen LogP contribution in [-0.4, -0.2) is 59.6 Å². The Bertz CT molecular complexity index is 649. The van der Waals surface area contributed by atoms with Crippen molar-refractivity contribution < 1.29 is 24.2 Å². The lowest BCUT2D eigenvalue weighted by Gasteiger charge is -2.26. The molecule has 7 heteroatoms. The first kappa shape index (κ1) is 23.1. The minimum absolute atomic E-state index is 0.137. The van der Waals surface area contributed by atoms with Crippen molar-refractivity contribution >= 4 is 17.8 Å². The molecule has 0 heterocycles. The van der Waals surface area contributed by atoms with Crippen LogP contribution in [0.15, 0.2) is 25.3 Å². The van der Waals surface area contributed by atoms with Crippen LogP contribution in [-0.2, 0) is 19.1 Å². The van der Waals surface area contributed by atoms with Crippen LogP contribution in [0.4, 0.5) is 0 Å². The van der Waals surface area contributed by atoms with E-state index in [1.54, 1.807) is 24.9 Å². The number of amides is 2. The molecule has 0 radical (unpaired) electrons. The maximum atomic E-state index is 13.0. The summed E-state index contributed by atoms with van der Waals surface area (Å²) in [4.78, 5) is 39.9. The van der Waals surface area contributed by atoms with Crippen molar-refractivity contribution in [3.05, 3.63) is 25.3 Å². The number of nitrogens with one attached hydrogen (secondary N) is 1. The molecule has 2 rings (SSSR count). The number of hydrogen-bond acceptors (Lipinski definition) is 5. The topological polar surface area (TPSA) is 95.9 Å². The lowest BCUT2D eigenvalue weighted by Crippen LogP contribution is -2.50. The van der Waals surface area contributed by atoms with Crippen molar-refractivity contribution in [2.75, 3.05) is 20.2 Å². The van der Waals surface area contributed by atoms with Gasteiger partial charge in [0.15, 0.2) is 0 Å². The van der Waals surface area contributed by atoms with Gasteiger partial charge in [0.25, 0.3) is 0 Å². The molecule has 29 heavy (non-hydrogen) atoms. The van der Waals surface area contributed by atoms with Crippen LogP contribution in [0, 0.1) is 17.8 Å². The molecule has 5 atom stereocenters. The van der Waals surface area contributed by atoms with Crippen molar-refractivity contribution in [3.8, 4) is 0 Å². The van der Waals surface area contributed by atoms with Gasteiger partial charge >= 0.3 is 5.97 Å². The summed E-state index contributed by atoms with van der Waals surface area (Å²) in [6.45, 7) is 9.94. The van der Waals surface area contributed by atoms with Crippen LogP contribution in [0.1, 0.15) is 45.4 Å². The Balaban J connectivity index is 2.04. The lowest BCUT2D eigenvalue weighted by atomic mass is 9.93. The van der Waals surface area contributed by atoms with E-state index in [1.165, 1.54) is 0 Å². The highest BCUT2D eigenvalue weighted by molar-refractivity contribution is 5.94. The molecular weight excluding hydrogens is 372 g/mol. The maximum absolute atomic E-state index is 13.0. The molecule has 0 aromatic carbocycles. The van der Waals surface area contributed by atoms with Crippen LogP contribution in [0.25, 0.3) is 0 Å². The predicted octanol–water partition coefficient (Wildman–Crippen LogP) is 1.81. The largest absolute Gasteiger partial charge is 0.464 e. The van der Waals surface area contributed by atoms with E-state index in [0.717, 1.165) is 19.3 Å². The van der Waals surface area contributed by atoms with Gasteiger partial charge in [-0.1, -0.05) is 12.2 Å². The second-order valence-electron chi connectivity index (χ2n) is 8.11. The molecule has 0 spiro atoms. The fraction of sp³-hybridized carbons (Fsp3) is 0.682. The van der Waals surface area contributed by atoms with Crippen molar-refractivity contribution in [1.82, 2.24) is 10.2 Å². The standard InChI is InChI=1S/C22H34N2O5/c1-5-8-9-10-11-24(4)20(27)18-13-16(25)12-17(18)19(26)23-22(14-15(22)6-2)21(28)29-7-3/h5-6,15-18,25H,1-2,7-14H2,3-4H3,(H,23,26)/t15?,16?,17?,18?,22-/m1/s1. The Morgan fingerprint density at radius 1 is 1.24 bits per heavy atom. The molecule has 2 aliphatic carbocycles. The molecule has 0 saturated heterocycles. The van der Waals surface area contributed by atoms with E-state index >= 15 is 0 Å². The molecule has 0 aliphatic heterocycles. The number of rotatable bonds is 11. The molecule has 0 aromatic rings. The second kappa shape index (κ2) is 10.1. The van der Waals surface area contributed by atoms with Crippen molar-refractivity contribution in [2.45, 2.75) is 57.1 Å². The smallest absolute Gasteiger partial charge is 0.332 e. The van der Waals surface area contributed by atoms with E-state index in [1.807, 2.05) is 6.08 Å². The summed E-state index contributed by atoms with van der Waals surface area (Å²) in [7, 11) is 1.73.